The third-order valence-electron chi connectivity index (χ3n) is 6.03. The fourth-order valence-corrected chi connectivity index (χ4v) is 5.03. The largest absolute Gasteiger partial charge is 0.493 e. The number of benzene rings is 1. The van der Waals surface area contributed by atoms with Crippen molar-refractivity contribution in [3.05, 3.63) is 40.1 Å². The van der Waals surface area contributed by atoms with Crippen LogP contribution in [-0.4, -0.2) is 64.3 Å². The number of carbonyl (C=O) groups is 2. The van der Waals surface area contributed by atoms with E-state index in [0.29, 0.717) is 29.4 Å². The molecule has 0 radical (unpaired) electrons. The molecule has 34 heavy (non-hydrogen) atoms. The number of nitrogens with one attached hydrogen (secondary N) is 1. The van der Waals surface area contributed by atoms with Crippen LogP contribution in [-0.2, 0) is 20.7 Å². The van der Waals surface area contributed by atoms with Gasteiger partial charge in [-0.3, -0.25) is 9.59 Å². The monoisotopic (exact) mass is 490 g/mol. The molecule has 1 atom stereocenters. The summed E-state index contributed by atoms with van der Waals surface area (Å²) in [5, 5.41) is 5.10. The quantitative estimate of drug-likeness (QED) is 0.489. The molecular formula is C25H34N2O6S. The molecule has 9 heteroatoms. The molecule has 1 fully saturated rings. The predicted octanol–water partition coefficient (Wildman–Crippen LogP) is 3.59. The zero-order valence-corrected chi connectivity index (χ0v) is 21.1. The maximum Gasteiger partial charge on any atom is 0.247 e. The topological polar surface area (TPSA) is 86.3 Å². The van der Waals surface area contributed by atoms with Crippen molar-refractivity contribution in [2.45, 2.75) is 44.2 Å². The van der Waals surface area contributed by atoms with E-state index in [4.69, 9.17) is 18.9 Å². The Balaban J connectivity index is 2.04. The second-order valence-corrected chi connectivity index (χ2v) is 9.22. The number of hydrogen-bond donors (Lipinski definition) is 1. The highest BCUT2D eigenvalue weighted by Gasteiger charge is 2.34. The van der Waals surface area contributed by atoms with Crippen molar-refractivity contribution in [1.82, 2.24) is 10.2 Å². The number of ether oxygens (including phenoxy) is 4. The normalized spacial score (nSPS) is 14.5. The van der Waals surface area contributed by atoms with Crippen molar-refractivity contribution < 1.29 is 28.5 Å². The molecule has 1 N–H and O–H groups in total. The van der Waals surface area contributed by atoms with Crippen molar-refractivity contribution in [3.8, 4) is 17.2 Å². The van der Waals surface area contributed by atoms with Gasteiger partial charge >= 0.3 is 0 Å². The Labute approximate surface area is 205 Å². The van der Waals surface area contributed by atoms with Gasteiger partial charge < -0.3 is 29.2 Å². The van der Waals surface area contributed by atoms with Gasteiger partial charge in [0.25, 0.3) is 0 Å². The van der Waals surface area contributed by atoms with Crippen LogP contribution in [0.3, 0.4) is 0 Å². The van der Waals surface area contributed by atoms with E-state index in [1.54, 1.807) is 24.1 Å². The molecule has 8 nitrogen and oxygen atoms in total. The van der Waals surface area contributed by atoms with E-state index in [-0.39, 0.29) is 30.8 Å². The molecule has 0 aliphatic heterocycles. The lowest BCUT2D eigenvalue weighted by atomic mass is 10.0. The van der Waals surface area contributed by atoms with Crippen LogP contribution in [0.2, 0.25) is 0 Å². The third kappa shape index (κ3) is 6.21. The minimum atomic E-state index is -0.878. The molecule has 2 aromatic rings. The number of amides is 2. The summed E-state index contributed by atoms with van der Waals surface area (Å²) in [7, 11) is 6.16. The van der Waals surface area contributed by atoms with E-state index < -0.39 is 6.04 Å². The van der Waals surface area contributed by atoms with Gasteiger partial charge in [-0.2, -0.15) is 0 Å². The van der Waals surface area contributed by atoms with E-state index in [1.807, 2.05) is 17.5 Å². The summed E-state index contributed by atoms with van der Waals surface area (Å²) >= 11 is 1.52. The van der Waals surface area contributed by atoms with Crippen LogP contribution in [0.25, 0.3) is 0 Å². The average molecular weight is 491 g/mol. The van der Waals surface area contributed by atoms with E-state index >= 15 is 0 Å². The van der Waals surface area contributed by atoms with Gasteiger partial charge in [-0.15, -0.1) is 11.3 Å². The molecule has 1 heterocycles. The van der Waals surface area contributed by atoms with Crippen LogP contribution in [0.5, 0.6) is 17.2 Å². The van der Waals surface area contributed by atoms with E-state index in [0.717, 1.165) is 30.6 Å². The summed E-state index contributed by atoms with van der Waals surface area (Å²) in [6, 6.07) is 6.53. The van der Waals surface area contributed by atoms with Crippen molar-refractivity contribution in [2.75, 3.05) is 41.6 Å². The molecule has 1 saturated carbocycles. The van der Waals surface area contributed by atoms with Gasteiger partial charge in [-0.1, -0.05) is 18.9 Å². The minimum absolute atomic E-state index is 0.105. The lowest BCUT2D eigenvalue weighted by Crippen LogP contribution is -2.47. The number of rotatable bonds is 12. The molecule has 0 bridgehead atoms. The van der Waals surface area contributed by atoms with Crippen LogP contribution in [0.1, 0.15) is 42.2 Å². The number of methoxy groups -OCH3 is 4. The van der Waals surface area contributed by atoms with E-state index in [1.165, 1.54) is 32.7 Å². The fourth-order valence-electron chi connectivity index (χ4n) is 4.33. The molecule has 1 aromatic heterocycles. The van der Waals surface area contributed by atoms with Crippen molar-refractivity contribution >= 4 is 23.2 Å². The number of thiophene rings is 1. The Morgan fingerprint density at radius 2 is 1.76 bits per heavy atom. The molecule has 1 aromatic carbocycles. The summed E-state index contributed by atoms with van der Waals surface area (Å²) in [5.74, 6) is 0.898. The van der Waals surface area contributed by atoms with Gasteiger partial charge in [-0.05, 0) is 42.0 Å². The maximum atomic E-state index is 13.7. The third-order valence-corrected chi connectivity index (χ3v) is 6.90. The highest BCUT2D eigenvalue weighted by molar-refractivity contribution is 7.10. The van der Waals surface area contributed by atoms with Crippen molar-refractivity contribution in [3.63, 3.8) is 0 Å². The summed E-state index contributed by atoms with van der Waals surface area (Å²) in [4.78, 5) is 29.8. The molecule has 1 aliphatic carbocycles. The molecular weight excluding hydrogens is 456 g/mol. The Hall–Kier alpha value is -2.78. The Morgan fingerprint density at radius 1 is 1.09 bits per heavy atom. The summed E-state index contributed by atoms with van der Waals surface area (Å²) in [6.45, 7) is 0.563. The molecule has 3 rings (SSSR count). The molecule has 186 valence electrons. The second kappa shape index (κ2) is 12.6. The molecule has 0 saturated heterocycles. The zero-order chi connectivity index (χ0) is 24.5. The first-order valence-electron chi connectivity index (χ1n) is 11.4. The Bertz CT molecular complexity index is 918. The maximum absolute atomic E-state index is 13.7. The summed E-state index contributed by atoms with van der Waals surface area (Å²) in [5.41, 5.74) is 0.584. The number of hydrogen-bond acceptors (Lipinski definition) is 7. The van der Waals surface area contributed by atoms with E-state index in [2.05, 4.69) is 5.32 Å². The van der Waals surface area contributed by atoms with Gasteiger partial charge in [0.05, 0.1) is 34.4 Å². The van der Waals surface area contributed by atoms with Gasteiger partial charge in [0.1, 0.15) is 6.04 Å². The highest BCUT2D eigenvalue weighted by atomic mass is 32.1. The van der Waals surface area contributed by atoms with Crippen molar-refractivity contribution in [2.24, 2.45) is 0 Å². The van der Waals surface area contributed by atoms with Gasteiger partial charge in [0.15, 0.2) is 11.5 Å². The first-order chi connectivity index (χ1) is 16.5. The number of carbonyl (C=O) groups excluding carboxylic acids is 2. The second-order valence-electron chi connectivity index (χ2n) is 8.19. The number of nitrogens with zero attached hydrogens (tertiary/aromatic N) is 1. The summed E-state index contributed by atoms with van der Waals surface area (Å²) in [6.07, 6.45) is 4.26. The molecule has 2 amide bonds. The smallest absolute Gasteiger partial charge is 0.247 e. The van der Waals surface area contributed by atoms with Crippen LogP contribution in [0, 0.1) is 0 Å². The average Bonchev–Trinajstić information content (AvgIpc) is 3.55. The van der Waals surface area contributed by atoms with Crippen molar-refractivity contribution in [1.29, 1.82) is 0 Å². The van der Waals surface area contributed by atoms with E-state index in [9.17, 15) is 9.59 Å². The molecule has 0 spiro atoms. The first-order valence-corrected chi connectivity index (χ1v) is 12.3. The first kappa shape index (κ1) is 25.8. The van der Waals surface area contributed by atoms with Crippen LogP contribution < -0.4 is 19.5 Å². The van der Waals surface area contributed by atoms with Crippen LogP contribution in [0.15, 0.2) is 29.6 Å². The zero-order valence-electron chi connectivity index (χ0n) is 20.3. The molecule has 1 aliphatic rings. The van der Waals surface area contributed by atoms with Gasteiger partial charge in [0, 0.05) is 24.6 Å². The lowest BCUT2D eigenvalue weighted by Gasteiger charge is -2.32. The predicted molar refractivity (Wildman–Crippen MR) is 131 cm³/mol. The summed E-state index contributed by atoms with van der Waals surface area (Å²) < 4.78 is 21.8. The highest BCUT2D eigenvalue weighted by Crippen LogP contribution is 2.41. The van der Waals surface area contributed by atoms with Crippen LogP contribution >= 0.6 is 11.3 Å². The lowest BCUT2D eigenvalue weighted by molar-refractivity contribution is -0.141. The SMILES string of the molecule is COCCN(C(=O)Cc1cccs1)[C@@H](C(=O)NC1CCCC1)c1cc(OC)c(OC)c(OC)c1. The van der Waals surface area contributed by atoms with Gasteiger partial charge in [-0.25, -0.2) is 0 Å². The van der Waals surface area contributed by atoms with Crippen LogP contribution in [0.4, 0.5) is 0 Å². The Kier molecular flexibility index (Phi) is 9.59. The standard InChI is InChI=1S/C25H34N2O6S/c1-30-12-11-27(22(28)16-19-10-7-13-34-19)23(25(29)26-18-8-5-6-9-18)17-14-20(31-2)24(33-4)21(15-17)32-3/h7,10,13-15,18,23H,5-6,8-9,11-12,16H2,1-4H3,(H,26,29)/t23-/m1/s1. The Morgan fingerprint density at radius 3 is 2.29 bits per heavy atom. The fraction of sp³-hybridized carbons (Fsp3) is 0.520. The van der Waals surface area contributed by atoms with Gasteiger partial charge in [0.2, 0.25) is 17.6 Å². The molecule has 0 unspecified atom stereocenters. The minimum Gasteiger partial charge on any atom is -0.493 e.